The lowest BCUT2D eigenvalue weighted by molar-refractivity contribution is 0.361. The lowest BCUT2D eigenvalue weighted by Gasteiger charge is -2.14. The van der Waals surface area contributed by atoms with Crippen molar-refractivity contribution in [3.8, 4) is 0 Å². The van der Waals surface area contributed by atoms with E-state index in [0.717, 1.165) is 18.6 Å². The Hall–Kier alpha value is -1.22. The maximum atomic E-state index is 12.3. The Morgan fingerprint density at radius 3 is 2.54 bits per heavy atom. The van der Waals surface area contributed by atoms with Crippen molar-refractivity contribution in [1.82, 2.24) is 9.06 Å². The molecule has 0 radical (unpaired) electrons. The Kier molecular flexibility index (Phi) is 5.54. The molecule has 24 heavy (non-hydrogen) atoms. The normalized spacial score (nSPS) is 12.7. The summed E-state index contributed by atoms with van der Waals surface area (Å²) in [5.41, 5.74) is -1.06. The highest BCUT2D eigenvalue weighted by molar-refractivity contribution is 7.89. The van der Waals surface area contributed by atoms with Crippen LogP contribution < -0.4 is 10.3 Å². The van der Waals surface area contributed by atoms with Crippen LogP contribution in [0, 0.1) is 0 Å². The Morgan fingerprint density at radius 2 is 1.96 bits per heavy atom. The van der Waals surface area contributed by atoms with Gasteiger partial charge in [-0.05, 0) is 24.6 Å². The summed E-state index contributed by atoms with van der Waals surface area (Å²) in [7, 11) is -8.79. The van der Waals surface area contributed by atoms with Gasteiger partial charge in [-0.3, -0.25) is 4.79 Å². The molecule has 0 atom stereocenters. The van der Waals surface area contributed by atoms with Crippen LogP contribution in [-0.4, -0.2) is 29.1 Å². The molecule has 0 fully saturated rings. The van der Waals surface area contributed by atoms with Gasteiger partial charge in [0.1, 0.15) is 4.90 Å². The minimum Gasteiger partial charge on any atom is -0.308 e. The monoisotopic (exact) mass is 394 g/mol. The number of nitrogens with zero attached hydrogens (tertiary/aromatic N) is 1. The Balaban J connectivity index is 2.66. The number of hydrogen-bond acceptors (Lipinski definition) is 4. The first-order valence-electron chi connectivity index (χ1n) is 6.99. The van der Waals surface area contributed by atoms with Crippen LogP contribution in [0.4, 0.5) is 0 Å². The van der Waals surface area contributed by atoms with Gasteiger partial charge in [0.25, 0.3) is 5.56 Å². The Labute approximate surface area is 143 Å². The van der Waals surface area contributed by atoms with E-state index in [9.17, 15) is 27.6 Å². The zero-order chi connectivity index (χ0) is 18.1. The number of sulfonamides is 1. The molecule has 0 saturated heterocycles. The molecule has 1 heterocycles. The van der Waals surface area contributed by atoms with Gasteiger partial charge in [-0.15, -0.1) is 0 Å². The number of unbranched alkanes of at least 4 members (excludes halogenated alkanes) is 1. The van der Waals surface area contributed by atoms with Crippen molar-refractivity contribution in [2.75, 3.05) is 6.54 Å². The summed E-state index contributed by atoms with van der Waals surface area (Å²) in [6.45, 7) is 2.16. The van der Waals surface area contributed by atoms with Crippen molar-refractivity contribution in [2.45, 2.75) is 24.7 Å². The van der Waals surface area contributed by atoms with E-state index in [4.69, 9.17) is 11.6 Å². The highest BCUT2D eigenvalue weighted by Crippen LogP contribution is 2.39. The third kappa shape index (κ3) is 3.88. The lowest BCUT2D eigenvalue weighted by atomic mass is 10.2. The summed E-state index contributed by atoms with van der Waals surface area (Å²) >= 11 is 5.99. The molecular formula is C13H16ClN2O6PS. The number of nitrogens with one attached hydrogen (secondary N) is 1. The number of halogens is 1. The Morgan fingerprint density at radius 1 is 1.29 bits per heavy atom. The van der Waals surface area contributed by atoms with Gasteiger partial charge in [0.15, 0.2) is 0 Å². The third-order valence-corrected chi connectivity index (χ3v) is 6.16. The molecule has 1 aromatic carbocycles. The van der Waals surface area contributed by atoms with Crippen LogP contribution in [0.3, 0.4) is 0 Å². The molecule has 0 spiro atoms. The number of aromatic nitrogens is 1. The number of benzene rings is 1. The third-order valence-electron chi connectivity index (χ3n) is 3.30. The first-order chi connectivity index (χ1) is 11.1. The number of rotatable bonds is 6. The van der Waals surface area contributed by atoms with Crippen molar-refractivity contribution < 1.29 is 22.8 Å². The largest absolute Gasteiger partial charge is 0.437 e. The molecule has 0 aliphatic carbocycles. The first kappa shape index (κ1) is 19.1. The van der Waals surface area contributed by atoms with Crippen molar-refractivity contribution in [3.05, 3.63) is 39.6 Å². The molecule has 0 bridgehead atoms. The van der Waals surface area contributed by atoms with E-state index in [1.807, 2.05) is 6.92 Å². The quantitative estimate of drug-likeness (QED) is 0.505. The highest BCUT2D eigenvalue weighted by Gasteiger charge is 2.24. The molecule has 0 amide bonds. The average molecular weight is 395 g/mol. The maximum absolute atomic E-state index is 12.3. The fourth-order valence-corrected chi connectivity index (χ4v) is 4.57. The molecule has 1 aromatic heterocycles. The minimum absolute atomic E-state index is 0.145. The van der Waals surface area contributed by atoms with Crippen LogP contribution in [0.2, 0.25) is 5.02 Å². The van der Waals surface area contributed by atoms with E-state index >= 15 is 0 Å². The molecule has 0 aliphatic heterocycles. The molecule has 2 aromatic rings. The fourth-order valence-electron chi connectivity index (χ4n) is 2.16. The van der Waals surface area contributed by atoms with E-state index in [2.05, 4.69) is 4.72 Å². The second kappa shape index (κ2) is 6.95. The van der Waals surface area contributed by atoms with Gasteiger partial charge in [-0.1, -0.05) is 24.9 Å². The number of pyridine rings is 1. The van der Waals surface area contributed by atoms with Crippen molar-refractivity contribution in [3.63, 3.8) is 0 Å². The zero-order valence-corrected chi connectivity index (χ0v) is 15.1. The smallest absolute Gasteiger partial charge is 0.308 e. The summed E-state index contributed by atoms with van der Waals surface area (Å²) in [5.74, 6) is 0. The van der Waals surface area contributed by atoms with E-state index in [0.29, 0.717) is 6.42 Å². The van der Waals surface area contributed by atoms with Gasteiger partial charge in [0.05, 0.1) is 10.5 Å². The van der Waals surface area contributed by atoms with Crippen molar-refractivity contribution in [2.24, 2.45) is 0 Å². The summed E-state index contributed by atoms with van der Waals surface area (Å²) in [5, 5.41) is -0.0718. The minimum atomic E-state index is -4.92. The van der Waals surface area contributed by atoms with Crippen LogP contribution in [0.25, 0.3) is 10.9 Å². The average Bonchev–Trinajstić information content (AvgIpc) is 2.44. The lowest BCUT2D eigenvalue weighted by Crippen LogP contribution is -2.25. The molecule has 0 saturated carbocycles. The fraction of sp³-hybridized carbons (Fsp3) is 0.308. The SMILES string of the molecule is CCCCNS(=O)(=O)c1cc2ccc(=O)n(P(=O)(O)O)c2cc1Cl. The maximum Gasteiger partial charge on any atom is 0.437 e. The molecule has 11 heteroatoms. The molecule has 3 N–H and O–H groups in total. The Bertz CT molecular complexity index is 982. The van der Waals surface area contributed by atoms with E-state index < -0.39 is 23.3 Å². The highest BCUT2D eigenvalue weighted by atomic mass is 35.5. The zero-order valence-electron chi connectivity index (χ0n) is 12.6. The van der Waals surface area contributed by atoms with Crippen LogP contribution >= 0.6 is 19.3 Å². The molecular weight excluding hydrogens is 379 g/mol. The van der Waals surface area contributed by atoms with Crippen molar-refractivity contribution >= 4 is 40.3 Å². The number of fused-ring (bicyclic) bond motifs is 1. The molecule has 8 nitrogen and oxygen atoms in total. The van der Waals surface area contributed by atoms with E-state index in [-0.39, 0.29) is 31.7 Å². The van der Waals surface area contributed by atoms with Gasteiger partial charge in [0, 0.05) is 18.0 Å². The van der Waals surface area contributed by atoms with Crippen LogP contribution in [0.1, 0.15) is 19.8 Å². The molecule has 0 unspecified atom stereocenters. The predicted molar refractivity (Wildman–Crippen MR) is 90.8 cm³/mol. The summed E-state index contributed by atoms with van der Waals surface area (Å²) in [4.78, 5) is 30.2. The summed E-state index contributed by atoms with van der Waals surface area (Å²) in [6.07, 6.45) is 1.46. The number of hydrogen-bond donors (Lipinski definition) is 3. The first-order valence-corrected chi connectivity index (χ1v) is 10.4. The molecule has 0 aliphatic rings. The summed E-state index contributed by atoms with van der Waals surface area (Å²) in [6, 6.07) is 4.48. The van der Waals surface area contributed by atoms with Crippen LogP contribution in [0.15, 0.2) is 34.0 Å². The van der Waals surface area contributed by atoms with Crippen molar-refractivity contribution in [1.29, 1.82) is 0 Å². The second-order valence-corrected chi connectivity index (χ2v) is 8.66. The molecule has 2 rings (SSSR count). The topological polar surface area (TPSA) is 126 Å². The van der Waals surface area contributed by atoms with Gasteiger partial charge in [-0.2, -0.15) is 0 Å². The standard InChI is InChI=1S/C13H16ClN2O6PS/c1-2-3-6-15-24(21,22)12-7-9-4-5-13(17)16(23(18,19)20)11(9)8-10(12)14/h4-5,7-8,15H,2-3,6H2,1H3,(H2,18,19,20). The van der Waals surface area contributed by atoms with Gasteiger partial charge >= 0.3 is 7.75 Å². The predicted octanol–water partition coefficient (Wildman–Crippen LogP) is 1.67. The summed E-state index contributed by atoms with van der Waals surface area (Å²) < 4.78 is 38.8. The van der Waals surface area contributed by atoms with Gasteiger partial charge < -0.3 is 9.79 Å². The van der Waals surface area contributed by atoms with Crippen LogP contribution in [-0.2, 0) is 14.6 Å². The molecule has 132 valence electrons. The van der Waals surface area contributed by atoms with Crippen LogP contribution in [0.5, 0.6) is 0 Å². The second-order valence-electron chi connectivity index (χ2n) is 5.09. The van der Waals surface area contributed by atoms with E-state index in [1.165, 1.54) is 12.1 Å². The van der Waals surface area contributed by atoms with Gasteiger partial charge in [0.2, 0.25) is 10.0 Å². The van der Waals surface area contributed by atoms with Gasteiger partial charge in [-0.25, -0.2) is 22.0 Å². The van der Waals surface area contributed by atoms with E-state index in [1.54, 1.807) is 0 Å².